The van der Waals surface area contributed by atoms with Crippen molar-refractivity contribution in [1.82, 2.24) is 0 Å². The van der Waals surface area contributed by atoms with Crippen molar-refractivity contribution in [1.29, 1.82) is 0 Å². The van der Waals surface area contributed by atoms with Crippen molar-refractivity contribution >= 4 is 32.7 Å². The van der Waals surface area contributed by atoms with E-state index in [-0.39, 0.29) is 50.0 Å². The number of phenolic OH excluding ortho intramolecular Hbond substituents is 1. The van der Waals surface area contributed by atoms with Crippen molar-refractivity contribution in [2.45, 2.75) is 68.3 Å². The Balaban J connectivity index is 1.36. The predicted molar refractivity (Wildman–Crippen MR) is 148 cm³/mol. The maximum absolute atomic E-state index is 13.1. The number of rotatable bonds is 7. The van der Waals surface area contributed by atoms with E-state index in [9.17, 15) is 45.3 Å². The molecule has 0 radical (unpaired) electrons. The first-order valence-corrected chi connectivity index (χ1v) is 13.7. The van der Waals surface area contributed by atoms with Crippen LogP contribution in [0.25, 0.3) is 32.7 Å². The predicted octanol–water partition coefficient (Wildman–Crippen LogP) is -1.76. The summed E-state index contributed by atoms with van der Waals surface area (Å²) < 4.78 is 43.9. The Bertz CT molecular complexity index is 1830. The minimum atomic E-state index is -1.86. The minimum Gasteiger partial charge on any atom is -0.504 e. The molecular weight excluding hydrogens is 608 g/mol. The molecule has 45 heavy (non-hydrogen) atoms. The Kier molecular flexibility index (Phi) is 8.00. The SMILES string of the molecule is COc1c(O)cc2c(=O)oc3c(OC)c(O[C@H]4O[C@@H](CO[C@H]5O[C@H](C)[C@@H](O)[C@H](O)[C@@H]5O)[C@H](O)[C@@H](O)[C@@H]4O)cc4c(=O)oc1c2c34. The average molecular weight is 639 g/mol. The molecule has 2 aliphatic heterocycles. The summed E-state index contributed by atoms with van der Waals surface area (Å²) in [5, 5.41) is 72.3. The van der Waals surface area contributed by atoms with E-state index in [1.165, 1.54) is 27.2 Å². The van der Waals surface area contributed by atoms with E-state index in [4.69, 9.17) is 37.3 Å². The normalized spacial score (nSPS) is 32.4. The van der Waals surface area contributed by atoms with Crippen LogP contribution in [-0.2, 0) is 14.2 Å². The van der Waals surface area contributed by atoms with E-state index in [0.29, 0.717) is 0 Å². The van der Waals surface area contributed by atoms with Gasteiger partial charge in [0.05, 0.1) is 37.7 Å². The molecule has 0 amide bonds. The zero-order chi connectivity index (χ0) is 32.5. The van der Waals surface area contributed by atoms with E-state index >= 15 is 0 Å². The molecular formula is C28H30O17. The van der Waals surface area contributed by atoms with Gasteiger partial charge in [0.15, 0.2) is 29.0 Å². The molecule has 7 N–H and O–H groups in total. The Hall–Kier alpha value is -3.78. The number of aliphatic hydroxyl groups excluding tert-OH is 6. The van der Waals surface area contributed by atoms with Crippen LogP contribution in [0.2, 0.25) is 0 Å². The second-order valence-electron chi connectivity index (χ2n) is 10.8. The fourth-order valence-electron chi connectivity index (χ4n) is 5.65. The standard InChI is InChI=1S/C28H30O17/c1-7-15(30)17(32)19(34)27(41-7)40-6-12-16(31)18(33)20(35)28(43-12)42-11-5-9-14-13-8(25(36)45-24(14)22(11)39-3)4-10(29)21(38-2)23(13)44-26(9)37/h4-5,7,12,15-20,27-35H,6H2,1-3H3/t7-,12+,15-,16+,17+,18-,19+,20+,27+,28+/m1/s1. The highest BCUT2D eigenvalue weighted by Gasteiger charge is 2.47. The van der Waals surface area contributed by atoms with Gasteiger partial charge in [-0.05, 0) is 19.1 Å². The summed E-state index contributed by atoms with van der Waals surface area (Å²) in [6.45, 7) is 0.894. The van der Waals surface area contributed by atoms with Crippen LogP contribution in [0.1, 0.15) is 6.92 Å². The van der Waals surface area contributed by atoms with Crippen molar-refractivity contribution in [3.63, 3.8) is 0 Å². The van der Waals surface area contributed by atoms with Crippen LogP contribution in [-0.4, -0.2) is 118 Å². The second-order valence-corrected chi connectivity index (χ2v) is 10.8. The van der Waals surface area contributed by atoms with Gasteiger partial charge in [0.2, 0.25) is 17.8 Å². The number of aliphatic hydroxyl groups is 6. The lowest BCUT2D eigenvalue weighted by atomic mass is 9.98. The van der Waals surface area contributed by atoms with Gasteiger partial charge in [0, 0.05) is 10.8 Å². The van der Waals surface area contributed by atoms with Gasteiger partial charge < -0.3 is 73.0 Å². The Labute approximate surface area is 251 Å². The van der Waals surface area contributed by atoms with Crippen LogP contribution >= 0.6 is 0 Å². The molecule has 4 aromatic rings. The minimum absolute atomic E-state index is 0.0813. The molecule has 2 saturated heterocycles. The second kappa shape index (κ2) is 11.5. The van der Waals surface area contributed by atoms with Crippen LogP contribution in [0.15, 0.2) is 30.6 Å². The summed E-state index contributed by atoms with van der Waals surface area (Å²) in [6.07, 6.45) is -15.6. The Morgan fingerprint density at radius 3 is 1.89 bits per heavy atom. The third-order valence-corrected chi connectivity index (χ3v) is 8.05. The van der Waals surface area contributed by atoms with Gasteiger partial charge in [0.25, 0.3) is 0 Å². The highest BCUT2D eigenvalue weighted by Crippen LogP contribution is 2.46. The number of phenols is 1. The fourth-order valence-corrected chi connectivity index (χ4v) is 5.65. The number of benzene rings is 2. The van der Waals surface area contributed by atoms with E-state index in [1.807, 2.05) is 0 Å². The molecule has 2 aliphatic rings. The molecule has 17 heteroatoms. The van der Waals surface area contributed by atoms with Crippen molar-refractivity contribution in [2.75, 3.05) is 20.8 Å². The fraction of sp³-hybridized carbons (Fsp3) is 0.500. The lowest BCUT2D eigenvalue weighted by molar-refractivity contribution is -0.318. The first-order chi connectivity index (χ1) is 21.4. The summed E-state index contributed by atoms with van der Waals surface area (Å²) in [7, 11) is 2.45. The topological polar surface area (TPSA) is 257 Å². The number of methoxy groups -OCH3 is 2. The van der Waals surface area contributed by atoms with Gasteiger partial charge in [-0.15, -0.1) is 0 Å². The van der Waals surface area contributed by atoms with Crippen LogP contribution in [0.4, 0.5) is 0 Å². The van der Waals surface area contributed by atoms with Gasteiger partial charge in [-0.2, -0.15) is 0 Å². The van der Waals surface area contributed by atoms with Gasteiger partial charge in [-0.1, -0.05) is 0 Å². The average Bonchev–Trinajstić information content (AvgIpc) is 3.01. The third kappa shape index (κ3) is 4.93. The Morgan fingerprint density at radius 2 is 1.27 bits per heavy atom. The molecule has 0 bridgehead atoms. The highest BCUT2D eigenvalue weighted by atomic mass is 16.7. The van der Waals surface area contributed by atoms with Crippen LogP contribution < -0.4 is 25.5 Å². The molecule has 0 aliphatic carbocycles. The Morgan fingerprint density at radius 1 is 0.711 bits per heavy atom. The van der Waals surface area contributed by atoms with E-state index < -0.39 is 85.0 Å². The summed E-state index contributed by atoms with van der Waals surface area (Å²) in [6, 6.07) is 2.27. The molecule has 2 fully saturated rings. The zero-order valence-corrected chi connectivity index (χ0v) is 23.8. The van der Waals surface area contributed by atoms with Crippen molar-refractivity contribution < 1.29 is 73.0 Å². The molecule has 4 heterocycles. The first-order valence-electron chi connectivity index (χ1n) is 13.7. The van der Waals surface area contributed by atoms with Gasteiger partial charge in [0.1, 0.15) is 42.7 Å². The lowest BCUT2D eigenvalue weighted by Crippen LogP contribution is -2.61. The van der Waals surface area contributed by atoms with Gasteiger partial charge in [-0.3, -0.25) is 0 Å². The van der Waals surface area contributed by atoms with Gasteiger partial charge in [-0.25, -0.2) is 9.59 Å². The number of ether oxygens (including phenoxy) is 6. The molecule has 0 spiro atoms. The molecule has 6 rings (SSSR count). The summed E-state index contributed by atoms with van der Waals surface area (Å²) >= 11 is 0. The number of hydrogen-bond acceptors (Lipinski definition) is 17. The van der Waals surface area contributed by atoms with Crippen molar-refractivity contribution in [2.24, 2.45) is 0 Å². The van der Waals surface area contributed by atoms with Crippen molar-refractivity contribution in [3.8, 4) is 23.0 Å². The molecule has 17 nitrogen and oxygen atoms in total. The smallest absolute Gasteiger partial charge is 0.344 e. The number of hydrogen-bond donors (Lipinski definition) is 7. The molecule has 2 aromatic carbocycles. The summed E-state index contributed by atoms with van der Waals surface area (Å²) in [5.41, 5.74) is -2.34. The summed E-state index contributed by atoms with van der Waals surface area (Å²) in [5.74, 6) is -1.17. The molecule has 0 unspecified atom stereocenters. The quantitative estimate of drug-likeness (QED) is 0.0874. The molecule has 10 atom stereocenters. The summed E-state index contributed by atoms with van der Waals surface area (Å²) in [4.78, 5) is 26.1. The van der Waals surface area contributed by atoms with Crippen LogP contribution in [0, 0.1) is 0 Å². The maximum atomic E-state index is 13.1. The van der Waals surface area contributed by atoms with Gasteiger partial charge >= 0.3 is 11.3 Å². The third-order valence-electron chi connectivity index (χ3n) is 8.05. The maximum Gasteiger partial charge on any atom is 0.344 e. The van der Waals surface area contributed by atoms with Crippen LogP contribution in [0.5, 0.6) is 23.0 Å². The molecule has 2 aromatic heterocycles. The molecule has 244 valence electrons. The van der Waals surface area contributed by atoms with E-state index in [1.54, 1.807) is 0 Å². The lowest BCUT2D eigenvalue weighted by Gasteiger charge is -2.42. The largest absolute Gasteiger partial charge is 0.504 e. The number of aromatic hydroxyl groups is 1. The monoisotopic (exact) mass is 638 g/mol. The zero-order valence-electron chi connectivity index (χ0n) is 23.8. The van der Waals surface area contributed by atoms with E-state index in [2.05, 4.69) is 0 Å². The van der Waals surface area contributed by atoms with E-state index in [0.717, 1.165) is 6.07 Å². The first kappa shape index (κ1) is 31.2. The highest BCUT2D eigenvalue weighted by molar-refractivity contribution is 6.22. The van der Waals surface area contributed by atoms with Crippen LogP contribution in [0.3, 0.4) is 0 Å². The van der Waals surface area contributed by atoms with Crippen molar-refractivity contribution in [3.05, 3.63) is 33.0 Å². The molecule has 0 saturated carbocycles.